The monoisotopic (exact) mass is 251 g/mol. The van der Waals surface area contributed by atoms with Crippen molar-refractivity contribution in [2.75, 3.05) is 25.9 Å². The van der Waals surface area contributed by atoms with Crippen LogP contribution in [-0.2, 0) is 13.1 Å². The highest BCUT2D eigenvalue weighted by Gasteiger charge is 2.16. The van der Waals surface area contributed by atoms with E-state index in [0.717, 1.165) is 24.0 Å². The maximum absolute atomic E-state index is 4.67. The third-order valence-corrected chi connectivity index (χ3v) is 4.07. The van der Waals surface area contributed by atoms with Gasteiger partial charge in [0.2, 0.25) is 0 Å². The Bertz CT molecular complexity index is 356. The number of nitrogens with zero attached hydrogens (tertiary/aromatic N) is 2. The van der Waals surface area contributed by atoms with E-state index >= 15 is 0 Å². The van der Waals surface area contributed by atoms with Gasteiger partial charge in [0.05, 0.1) is 11.4 Å². The summed E-state index contributed by atoms with van der Waals surface area (Å²) in [5.74, 6) is 1.25. The fourth-order valence-corrected chi connectivity index (χ4v) is 3.24. The Morgan fingerprint density at radius 2 is 2.29 bits per heavy atom. The standard InChI is InChI=1S/C13H21N3S/c1-11-9-16(6-7-17-11)10-13-5-3-4-12(15-13)8-14-2/h3-5,11,14H,6-10H2,1-2H3. The molecule has 94 valence electrons. The summed E-state index contributed by atoms with van der Waals surface area (Å²) >= 11 is 2.07. The predicted octanol–water partition coefficient (Wildman–Crippen LogP) is 1.74. The molecule has 0 amide bonds. The Morgan fingerprint density at radius 3 is 3.06 bits per heavy atom. The third-order valence-electron chi connectivity index (χ3n) is 2.93. The molecule has 0 saturated carbocycles. The zero-order valence-corrected chi connectivity index (χ0v) is 11.5. The van der Waals surface area contributed by atoms with Crippen molar-refractivity contribution in [3.05, 3.63) is 29.6 Å². The van der Waals surface area contributed by atoms with Crippen LogP contribution in [0.1, 0.15) is 18.3 Å². The van der Waals surface area contributed by atoms with Crippen molar-refractivity contribution >= 4 is 11.8 Å². The van der Waals surface area contributed by atoms with Crippen molar-refractivity contribution in [3.8, 4) is 0 Å². The van der Waals surface area contributed by atoms with E-state index in [2.05, 4.69) is 52.1 Å². The molecule has 1 saturated heterocycles. The molecule has 1 fully saturated rings. The van der Waals surface area contributed by atoms with Crippen molar-refractivity contribution in [2.45, 2.75) is 25.3 Å². The molecule has 2 heterocycles. The van der Waals surface area contributed by atoms with Crippen LogP contribution in [0.5, 0.6) is 0 Å². The number of aromatic nitrogens is 1. The highest BCUT2D eigenvalue weighted by molar-refractivity contribution is 7.99. The van der Waals surface area contributed by atoms with Crippen molar-refractivity contribution in [2.24, 2.45) is 0 Å². The summed E-state index contributed by atoms with van der Waals surface area (Å²) in [5.41, 5.74) is 2.32. The molecular weight excluding hydrogens is 230 g/mol. The van der Waals surface area contributed by atoms with Crippen molar-refractivity contribution in [3.63, 3.8) is 0 Å². The van der Waals surface area contributed by atoms with Gasteiger partial charge in [-0.15, -0.1) is 0 Å². The van der Waals surface area contributed by atoms with E-state index in [1.54, 1.807) is 0 Å². The van der Waals surface area contributed by atoms with Crippen LogP contribution in [0.25, 0.3) is 0 Å². The molecule has 1 aromatic rings. The fourth-order valence-electron chi connectivity index (χ4n) is 2.16. The number of thioether (sulfide) groups is 1. The summed E-state index contributed by atoms with van der Waals surface area (Å²) < 4.78 is 0. The van der Waals surface area contributed by atoms with Crippen LogP contribution < -0.4 is 5.32 Å². The number of pyridine rings is 1. The van der Waals surface area contributed by atoms with Gasteiger partial charge in [-0.25, -0.2) is 0 Å². The second kappa shape index (κ2) is 6.38. The molecule has 0 aromatic carbocycles. The molecule has 1 N–H and O–H groups in total. The van der Waals surface area contributed by atoms with Crippen molar-refractivity contribution in [1.82, 2.24) is 15.2 Å². The normalized spacial score (nSPS) is 21.6. The first-order chi connectivity index (χ1) is 8.28. The van der Waals surface area contributed by atoms with E-state index in [1.807, 2.05) is 7.05 Å². The summed E-state index contributed by atoms with van der Waals surface area (Å²) in [5, 5.41) is 3.90. The van der Waals surface area contributed by atoms with Crippen LogP contribution in [0.3, 0.4) is 0 Å². The lowest BCUT2D eigenvalue weighted by molar-refractivity contribution is 0.275. The molecule has 1 atom stereocenters. The SMILES string of the molecule is CNCc1cccc(CN2CCSC(C)C2)n1. The summed E-state index contributed by atoms with van der Waals surface area (Å²) in [6.07, 6.45) is 0. The molecule has 2 rings (SSSR count). The summed E-state index contributed by atoms with van der Waals surface area (Å²) in [4.78, 5) is 7.18. The molecule has 1 aliphatic heterocycles. The summed E-state index contributed by atoms with van der Waals surface area (Å²) in [7, 11) is 1.96. The number of hydrogen-bond donors (Lipinski definition) is 1. The average molecular weight is 251 g/mol. The van der Waals surface area contributed by atoms with Gasteiger partial charge >= 0.3 is 0 Å². The van der Waals surface area contributed by atoms with Gasteiger partial charge in [0.25, 0.3) is 0 Å². The molecular formula is C13H21N3S. The molecule has 3 nitrogen and oxygen atoms in total. The van der Waals surface area contributed by atoms with Crippen LogP contribution in [0.15, 0.2) is 18.2 Å². The van der Waals surface area contributed by atoms with Gasteiger partial charge in [-0.05, 0) is 19.2 Å². The van der Waals surface area contributed by atoms with Crippen LogP contribution in [0.2, 0.25) is 0 Å². The Kier molecular flexibility index (Phi) is 4.83. The molecule has 0 bridgehead atoms. The summed E-state index contributed by atoms with van der Waals surface area (Å²) in [6, 6.07) is 6.32. The van der Waals surface area contributed by atoms with E-state index in [-0.39, 0.29) is 0 Å². The van der Waals surface area contributed by atoms with E-state index < -0.39 is 0 Å². The lowest BCUT2D eigenvalue weighted by atomic mass is 10.2. The quantitative estimate of drug-likeness (QED) is 0.882. The van der Waals surface area contributed by atoms with E-state index in [0.29, 0.717) is 0 Å². The number of hydrogen-bond acceptors (Lipinski definition) is 4. The molecule has 1 aromatic heterocycles. The van der Waals surface area contributed by atoms with E-state index in [1.165, 1.54) is 24.5 Å². The maximum atomic E-state index is 4.67. The van der Waals surface area contributed by atoms with Crippen LogP contribution in [0, 0.1) is 0 Å². The van der Waals surface area contributed by atoms with Gasteiger partial charge in [0.15, 0.2) is 0 Å². The minimum Gasteiger partial charge on any atom is -0.314 e. The summed E-state index contributed by atoms with van der Waals surface area (Å²) in [6.45, 7) is 6.51. The molecule has 0 radical (unpaired) electrons. The first kappa shape index (κ1) is 12.9. The van der Waals surface area contributed by atoms with E-state index in [9.17, 15) is 0 Å². The Labute approximate surface area is 108 Å². The van der Waals surface area contributed by atoms with Gasteiger partial charge in [0, 0.05) is 37.2 Å². The van der Waals surface area contributed by atoms with Gasteiger partial charge < -0.3 is 5.32 Å². The maximum Gasteiger partial charge on any atom is 0.0547 e. The van der Waals surface area contributed by atoms with Crippen LogP contribution in [-0.4, -0.2) is 41.0 Å². The number of nitrogens with one attached hydrogen (secondary N) is 1. The second-order valence-electron chi connectivity index (χ2n) is 4.57. The van der Waals surface area contributed by atoms with Gasteiger partial charge in [-0.3, -0.25) is 9.88 Å². The smallest absolute Gasteiger partial charge is 0.0547 e. The topological polar surface area (TPSA) is 28.2 Å². The molecule has 4 heteroatoms. The zero-order chi connectivity index (χ0) is 12.1. The second-order valence-corrected chi connectivity index (χ2v) is 6.11. The van der Waals surface area contributed by atoms with Crippen LogP contribution >= 0.6 is 11.8 Å². The first-order valence-corrected chi connectivity index (χ1v) is 7.26. The van der Waals surface area contributed by atoms with Crippen molar-refractivity contribution < 1.29 is 0 Å². The van der Waals surface area contributed by atoms with Gasteiger partial charge in [0.1, 0.15) is 0 Å². The number of rotatable bonds is 4. The Morgan fingerprint density at radius 1 is 1.47 bits per heavy atom. The molecule has 1 unspecified atom stereocenters. The molecule has 0 spiro atoms. The zero-order valence-electron chi connectivity index (χ0n) is 10.6. The van der Waals surface area contributed by atoms with E-state index in [4.69, 9.17) is 0 Å². The lowest BCUT2D eigenvalue weighted by Gasteiger charge is -2.30. The minimum atomic E-state index is 0.754. The highest BCUT2D eigenvalue weighted by Crippen LogP contribution is 2.19. The van der Waals surface area contributed by atoms with Crippen LogP contribution in [0.4, 0.5) is 0 Å². The molecule has 1 aliphatic rings. The fraction of sp³-hybridized carbons (Fsp3) is 0.615. The third kappa shape index (κ3) is 3.98. The lowest BCUT2D eigenvalue weighted by Crippen LogP contribution is -2.36. The predicted molar refractivity (Wildman–Crippen MR) is 74.2 cm³/mol. The minimum absolute atomic E-state index is 0.754. The first-order valence-electron chi connectivity index (χ1n) is 6.21. The molecule has 17 heavy (non-hydrogen) atoms. The largest absolute Gasteiger partial charge is 0.314 e. The van der Waals surface area contributed by atoms with Crippen molar-refractivity contribution in [1.29, 1.82) is 0 Å². The average Bonchev–Trinajstić information content (AvgIpc) is 2.30. The Hall–Kier alpha value is -0.580. The highest BCUT2D eigenvalue weighted by atomic mass is 32.2. The van der Waals surface area contributed by atoms with Gasteiger partial charge in [-0.1, -0.05) is 13.0 Å². The Balaban J connectivity index is 1.95. The van der Waals surface area contributed by atoms with Gasteiger partial charge in [-0.2, -0.15) is 11.8 Å². The molecule has 0 aliphatic carbocycles.